The molecule has 10 bridgehead atoms. The number of carboxylic acid groups (broad SMARTS) is 1. The standard InChI is InChI=1S/C40H54F2N4O9S.C32H44N2O7.C8H12F2N2O3S.CH4/c1-37(2,3)31-34(48)46-22-39(54-7,21-29(46)33(47)44-40(20-28(40)32(41)42)35(49)45-56(51,52)27-12-13-27)26-11-10-23-19-30(53-6)24(17-25(23)18-26)9-8-14-38(4,5)15-16-55-36(50)43-31;1-30(2,3)26-27(35)34-19-32(40-7,18-24(34)28(36)37)23-11-10-20-17-25(39-6)21(15-22(20)16-23)9-8-12-31(4,5)13-14-41-29(38)33-26;9-6(10)5-3-8(5,11)7(13)12-16(14,15)4-1-2-4;/h10-11,17-19,27-29,31-32H,8-9,12-16,20-22H2,1-7H3,(H,43,50)(H,44,47)(H,45,49);10-11,15-17,24,26H,8-9,12-14,18-19H2,1-7H3,(H,33,38)(H,36,37);4-6H,1-3,11H2,(H,12,13);1H4/t28-,29-,31+,39-,40+;24-,26+,32-;5-,8+;/m000./s1. The van der Waals surface area contributed by atoms with E-state index in [-0.39, 0.29) is 63.8 Å². The van der Waals surface area contributed by atoms with Crippen LogP contribution in [0.2, 0.25) is 0 Å². The number of methoxy groups -OCH3 is 4. The summed E-state index contributed by atoms with van der Waals surface area (Å²) in [6, 6.07) is 15.1. The highest BCUT2D eigenvalue weighted by atomic mass is 32.2. The van der Waals surface area contributed by atoms with Gasteiger partial charge in [-0.15, -0.1) is 0 Å². The number of carbonyl (C=O) groups is 8. The number of alkyl carbamates (subject to hydrolysis) is 2. The molecule has 4 aliphatic heterocycles. The topological polar surface area (TPSA) is 373 Å². The molecule has 0 radical (unpaired) electrons. The van der Waals surface area contributed by atoms with Crippen LogP contribution in [-0.2, 0) is 91.8 Å². The molecule has 0 spiro atoms. The second kappa shape index (κ2) is 33.8. The third kappa shape index (κ3) is 19.9. The average molecular weight is 1640 g/mol. The van der Waals surface area contributed by atoms with E-state index in [4.69, 9.17) is 34.2 Å². The molecule has 4 saturated carbocycles. The number of benzene rings is 4. The van der Waals surface area contributed by atoms with Gasteiger partial charge in [0.2, 0.25) is 50.6 Å². The van der Waals surface area contributed by atoms with Crippen LogP contribution in [0.5, 0.6) is 11.5 Å². The Bertz CT molecular complexity index is 4550. The summed E-state index contributed by atoms with van der Waals surface area (Å²) < 4.78 is 140. The second-order valence-electron chi connectivity index (χ2n) is 35.4. The van der Waals surface area contributed by atoms with E-state index in [1.807, 2.05) is 74.0 Å². The molecule has 33 heteroatoms. The van der Waals surface area contributed by atoms with E-state index < -0.39 is 167 Å². The van der Waals surface area contributed by atoms with Crippen molar-refractivity contribution in [1.82, 2.24) is 35.2 Å². The number of hydrogen-bond donors (Lipinski definition) is 7. The summed E-state index contributed by atoms with van der Waals surface area (Å²) >= 11 is 0. The predicted octanol–water partition coefficient (Wildman–Crippen LogP) is 10.4. The molecule has 12 rings (SSSR count). The lowest BCUT2D eigenvalue weighted by molar-refractivity contribution is -0.150. The lowest BCUT2D eigenvalue weighted by Crippen LogP contribution is -2.60. The van der Waals surface area contributed by atoms with E-state index in [0.717, 1.165) is 88.3 Å². The monoisotopic (exact) mass is 1640 g/mol. The lowest BCUT2D eigenvalue weighted by atomic mass is 9.83. The number of halogens is 4. The van der Waals surface area contributed by atoms with Crippen molar-refractivity contribution in [3.8, 4) is 11.5 Å². The smallest absolute Gasteiger partial charge is 0.407 e. The van der Waals surface area contributed by atoms with Gasteiger partial charge >= 0.3 is 18.2 Å². The van der Waals surface area contributed by atoms with Crippen molar-refractivity contribution in [2.45, 2.75) is 249 Å². The van der Waals surface area contributed by atoms with E-state index in [1.165, 1.54) is 16.9 Å². The number of carboxylic acids is 1. The fraction of sp³-hybridized carbons (Fsp3) is 0.654. The van der Waals surface area contributed by atoms with Crippen LogP contribution >= 0.6 is 0 Å². The van der Waals surface area contributed by atoms with E-state index in [0.29, 0.717) is 44.1 Å². The number of rotatable bonds is 15. The fourth-order valence-corrected chi connectivity index (χ4v) is 18.5. The Morgan fingerprint density at radius 2 is 0.974 bits per heavy atom. The van der Waals surface area contributed by atoms with Crippen molar-refractivity contribution >= 4 is 89.3 Å². The van der Waals surface area contributed by atoms with Gasteiger partial charge in [0.15, 0.2) is 0 Å². The molecule has 4 heterocycles. The number of nitrogens with zero attached hydrogens (tertiary/aromatic N) is 2. The van der Waals surface area contributed by atoms with Crippen LogP contribution in [0.4, 0.5) is 27.2 Å². The molecule has 4 aromatic rings. The van der Waals surface area contributed by atoms with Gasteiger partial charge in [-0.2, -0.15) is 0 Å². The zero-order valence-corrected chi connectivity index (χ0v) is 68.4. The number of fused-ring (bicyclic) bond motifs is 10. The van der Waals surface area contributed by atoms with Crippen LogP contribution in [0, 0.1) is 33.5 Å². The summed E-state index contributed by atoms with van der Waals surface area (Å²) in [5, 5.41) is 20.5. The van der Waals surface area contributed by atoms with Gasteiger partial charge < -0.3 is 65.0 Å². The number of nitrogens with two attached hydrogens (primary N) is 1. The molecule has 2 saturated heterocycles. The number of alkyl halides is 4. The highest BCUT2D eigenvalue weighted by Crippen LogP contribution is 2.51. The lowest BCUT2D eigenvalue weighted by Gasteiger charge is -2.36. The number of carbonyl (C=O) groups excluding carboxylic acids is 7. The first-order valence-electron chi connectivity index (χ1n) is 38.4. The van der Waals surface area contributed by atoms with Gasteiger partial charge in [0.1, 0.15) is 57.9 Å². The number of aryl methyl sites for hydroxylation is 2. The molecule has 27 nitrogen and oxygen atoms in total. The fourth-order valence-electron chi connectivity index (χ4n) is 15.8. The minimum Gasteiger partial charge on any atom is -0.496 e. The van der Waals surface area contributed by atoms with Gasteiger partial charge in [0.05, 0.1) is 56.9 Å². The first-order valence-corrected chi connectivity index (χ1v) is 41.5. The maximum absolute atomic E-state index is 14.8. The van der Waals surface area contributed by atoms with Crippen LogP contribution in [-0.4, -0.2) is 193 Å². The minimum absolute atomic E-state index is 0. The molecule has 10 atom stereocenters. The Hall–Kier alpha value is -8.14. The van der Waals surface area contributed by atoms with E-state index in [9.17, 15) is 77.9 Å². The van der Waals surface area contributed by atoms with Crippen LogP contribution in [0.3, 0.4) is 0 Å². The minimum atomic E-state index is -4.13. The first kappa shape index (κ1) is 89.8. The maximum Gasteiger partial charge on any atom is 0.407 e. The Morgan fingerprint density at radius 3 is 1.33 bits per heavy atom. The highest BCUT2D eigenvalue weighted by molar-refractivity contribution is 7.91. The largest absolute Gasteiger partial charge is 0.496 e. The molecular weight excluding hydrogens is 1530 g/mol. The van der Waals surface area contributed by atoms with Crippen LogP contribution in [0.15, 0.2) is 60.7 Å². The van der Waals surface area contributed by atoms with Crippen molar-refractivity contribution in [3.05, 3.63) is 82.9 Å². The zero-order chi connectivity index (χ0) is 83.3. The molecular formula is C81H114F4N8O19S2. The third-order valence-corrected chi connectivity index (χ3v) is 27.4. The first-order chi connectivity index (χ1) is 52.6. The number of ether oxygens (including phenoxy) is 6. The SMILES string of the molecule is C.COc1cc2ccc3cc2cc1CCCC(C)(C)CCOC(=O)N[C@@H](C(C)(C)C)C(=O)N1C[C@@]3(OC)C[C@H]1C(=O)N[C@]1(C(=O)NS(=O)(=O)C2CC2)C[C@H]1C(F)F.COc1cc2ccc3cc2cc1CCCC(C)(C)CCOC(=O)N[C@@H](C(C)(C)C)C(=O)N1C[C@@]3(OC)C[C@H]1C(=O)O.N[C@]1(C(=O)NS(=O)(=O)C2CC2)C[C@H]1C(F)F. The molecule has 114 heavy (non-hydrogen) atoms. The molecule has 0 aromatic heterocycles. The van der Waals surface area contributed by atoms with Crippen molar-refractivity contribution in [2.24, 2.45) is 39.2 Å². The number of cyclic esters (lactones) is 2. The summed E-state index contributed by atoms with van der Waals surface area (Å²) in [6.45, 7) is 19.4. The van der Waals surface area contributed by atoms with E-state index in [1.54, 1.807) is 46.8 Å². The normalized spacial score (nSPS) is 28.1. The Morgan fingerprint density at radius 1 is 0.570 bits per heavy atom. The van der Waals surface area contributed by atoms with Crippen molar-refractivity contribution in [3.63, 3.8) is 0 Å². The molecule has 8 aliphatic rings. The third-order valence-electron chi connectivity index (χ3n) is 23.7. The van der Waals surface area contributed by atoms with Gasteiger partial charge in [-0.1, -0.05) is 101 Å². The Kier molecular flexibility index (Phi) is 26.6. The Labute approximate surface area is 665 Å². The summed E-state index contributed by atoms with van der Waals surface area (Å²) in [6.07, 6.45) is -0.00970. The molecule has 0 unspecified atom stereocenters. The molecule has 8 N–H and O–H groups in total. The van der Waals surface area contributed by atoms with Gasteiger partial charge in [-0.25, -0.2) is 48.8 Å². The number of aliphatic carboxylic acids is 1. The maximum atomic E-state index is 14.8. The summed E-state index contributed by atoms with van der Waals surface area (Å²) in [5.74, 6) is -6.77. The number of amides is 7. The van der Waals surface area contributed by atoms with Crippen LogP contribution in [0.25, 0.3) is 21.5 Å². The van der Waals surface area contributed by atoms with Gasteiger partial charge in [-0.3, -0.25) is 33.4 Å². The summed E-state index contributed by atoms with van der Waals surface area (Å²) in [7, 11) is -1.54. The molecule has 632 valence electrons. The van der Waals surface area contributed by atoms with Crippen molar-refractivity contribution in [2.75, 3.05) is 54.7 Å². The second-order valence-corrected chi connectivity index (χ2v) is 39.3. The molecule has 6 fully saturated rings. The Balaban J connectivity index is 0.000000223. The highest BCUT2D eigenvalue weighted by Gasteiger charge is 2.68. The van der Waals surface area contributed by atoms with Gasteiger partial charge in [0.25, 0.3) is 11.8 Å². The summed E-state index contributed by atoms with van der Waals surface area (Å²) in [4.78, 5) is 109. The van der Waals surface area contributed by atoms with Gasteiger partial charge in [0, 0.05) is 33.0 Å². The van der Waals surface area contributed by atoms with Crippen LogP contribution < -0.4 is 40.6 Å². The number of sulfonamides is 2. The summed E-state index contributed by atoms with van der Waals surface area (Å²) in [5.41, 5.74) is 0.805. The molecule has 4 aromatic carbocycles. The zero-order valence-electron chi connectivity index (χ0n) is 66.8. The molecule has 4 aliphatic carbocycles. The average Bonchev–Trinajstić information content (AvgIpc) is 1.56. The van der Waals surface area contributed by atoms with E-state index >= 15 is 0 Å². The predicted molar refractivity (Wildman–Crippen MR) is 417 cm³/mol. The van der Waals surface area contributed by atoms with Crippen molar-refractivity contribution < 1.29 is 106 Å². The van der Waals surface area contributed by atoms with E-state index in [2.05, 4.69) is 55.8 Å². The van der Waals surface area contributed by atoms with Crippen LogP contribution in [0.1, 0.15) is 189 Å². The number of hydrogen-bond acceptors (Lipinski definition) is 19. The number of nitrogens with one attached hydrogen (secondary N) is 5. The molecule has 7 amide bonds. The quantitative estimate of drug-likeness (QED) is 0.0544. The van der Waals surface area contributed by atoms with Crippen molar-refractivity contribution in [1.29, 1.82) is 0 Å². The van der Waals surface area contributed by atoms with Gasteiger partial charge in [-0.05, 0) is 192 Å².